The molecule has 0 aliphatic carbocycles. The van der Waals surface area contributed by atoms with Gasteiger partial charge in [-0.05, 0) is 18.2 Å². The van der Waals surface area contributed by atoms with Crippen LogP contribution in [-0.2, 0) is 6.18 Å². The molecule has 7 heteroatoms. The first-order valence-corrected chi connectivity index (χ1v) is 6.11. The number of rotatable bonds is 2. The van der Waals surface area contributed by atoms with Gasteiger partial charge in [0.2, 0.25) is 0 Å². The van der Waals surface area contributed by atoms with E-state index in [2.05, 4.69) is 0 Å². The van der Waals surface area contributed by atoms with Crippen LogP contribution >= 0.6 is 0 Å². The van der Waals surface area contributed by atoms with Crippen LogP contribution in [0.4, 0.5) is 27.6 Å². The number of alkyl halides is 5. The highest BCUT2D eigenvalue weighted by molar-refractivity contribution is 5.60. The van der Waals surface area contributed by atoms with Crippen molar-refractivity contribution in [2.24, 2.45) is 0 Å². The molecule has 0 aromatic heterocycles. The number of benzene rings is 1. The molecule has 1 heterocycles. The Balaban J connectivity index is 2.25. The highest BCUT2D eigenvalue weighted by Crippen LogP contribution is 2.38. The topological polar surface area (TPSA) is 12.5 Å². The minimum absolute atomic E-state index is 0.0463. The van der Waals surface area contributed by atoms with Crippen molar-refractivity contribution in [2.75, 3.05) is 25.1 Å². The Morgan fingerprint density at radius 3 is 2.25 bits per heavy atom. The number of ether oxygens (including phenoxy) is 1. The summed E-state index contributed by atoms with van der Waals surface area (Å²) in [6.07, 6.45) is -5.07. The summed E-state index contributed by atoms with van der Waals surface area (Å²) < 4.78 is 69.0. The molecule has 0 saturated carbocycles. The molecule has 0 N–H and O–H groups in total. The predicted molar refractivity (Wildman–Crippen MR) is 64.4 cm³/mol. The van der Waals surface area contributed by atoms with Gasteiger partial charge in [0.1, 0.15) is 5.75 Å². The van der Waals surface area contributed by atoms with Crippen LogP contribution in [0.25, 0.3) is 0 Å². The average Bonchev–Trinajstić information content (AvgIpc) is 2.37. The van der Waals surface area contributed by atoms with Crippen molar-refractivity contribution >= 4 is 5.69 Å². The first-order valence-electron chi connectivity index (χ1n) is 6.11. The lowest BCUT2D eigenvalue weighted by Crippen LogP contribution is -2.39. The second kappa shape index (κ2) is 5.10. The van der Waals surface area contributed by atoms with Crippen molar-refractivity contribution < 1.29 is 26.7 Å². The van der Waals surface area contributed by atoms with Crippen LogP contribution in [0.5, 0.6) is 5.75 Å². The average molecular weight is 295 g/mol. The number of piperidine rings is 1. The minimum atomic E-state index is -4.46. The second-order valence-corrected chi connectivity index (χ2v) is 4.73. The number of halogens is 5. The highest BCUT2D eigenvalue weighted by Gasteiger charge is 2.36. The molecule has 0 amide bonds. The standard InChI is InChI=1S/C13H14F5NO/c1-20-11-8-9(13(16,17)18)2-3-10(11)19-6-4-12(14,15)5-7-19/h2-3,8H,4-7H2,1H3. The van der Waals surface area contributed by atoms with Crippen LogP contribution < -0.4 is 9.64 Å². The van der Waals surface area contributed by atoms with E-state index in [0.717, 1.165) is 12.1 Å². The van der Waals surface area contributed by atoms with E-state index >= 15 is 0 Å². The summed E-state index contributed by atoms with van der Waals surface area (Å²) in [5.41, 5.74) is -0.406. The molecule has 0 unspecified atom stereocenters. The molecule has 1 aromatic carbocycles. The summed E-state index contributed by atoms with van der Waals surface area (Å²) in [6, 6.07) is 3.10. The second-order valence-electron chi connectivity index (χ2n) is 4.73. The molecule has 0 spiro atoms. The van der Waals surface area contributed by atoms with E-state index < -0.39 is 17.7 Å². The highest BCUT2D eigenvalue weighted by atomic mass is 19.4. The van der Waals surface area contributed by atoms with E-state index in [0.29, 0.717) is 5.69 Å². The molecule has 2 nitrogen and oxygen atoms in total. The van der Waals surface area contributed by atoms with E-state index in [4.69, 9.17) is 4.74 Å². The molecular weight excluding hydrogens is 281 g/mol. The number of methoxy groups -OCH3 is 1. The van der Waals surface area contributed by atoms with Gasteiger partial charge in [0.15, 0.2) is 0 Å². The van der Waals surface area contributed by atoms with Crippen LogP contribution in [0.3, 0.4) is 0 Å². The molecule has 1 saturated heterocycles. The van der Waals surface area contributed by atoms with Crippen molar-refractivity contribution in [3.63, 3.8) is 0 Å². The van der Waals surface area contributed by atoms with E-state index in [1.807, 2.05) is 0 Å². The van der Waals surface area contributed by atoms with Gasteiger partial charge in [-0.3, -0.25) is 0 Å². The summed E-state index contributed by atoms with van der Waals surface area (Å²) in [5.74, 6) is -2.65. The zero-order valence-electron chi connectivity index (χ0n) is 10.8. The largest absolute Gasteiger partial charge is 0.495 e. The molecule has 112 valence electrons. The molecule has 0 atom stereocenters. The first-order chi connectivity index (χ1) is 9.23. The molecule has 0 radical (unpaired) electrons. The quantitative estimate of drug-likeness (QED) is 0.766. The summed E-state index contributed by atoms with van der Waals surface area (Å²) in [7, 11) is 1.26. The normalized spacial score (nSPS) is 19.0. The number of anilines is 1. The minimum Gasteiger partial charge on any atom is -0.495 e. The Hall–Kier alpha value is -1.53. The lowest BCUT2D eigenvalue weighted by atomic mass is 10.1. The Morgan fingerprint density at radius 1 is 1.15 bits per heavy atom. The molecular formula is C13H14F5NO. The van der Waals surface area contributed by atoms with Crippen molar-refractivity contribution in [1.29, 1.82) is 0 Å². The number of nitrogens with zero attached hydrogens (tertiary/aromatic N) is 1. The maximum atomic E-state index is 13.1. The van der Waals surface area contributed by atoms with Gasteiger partial charge >= 0.3 is 6.18 Å². The smallest absolute Gasteiger partial charge is 0.416 e. The van der Waals surface area contributed by atoms with Gasteiger partial charge in [-0.2, -0.15) is 13.2 Å². The van der Waals surface area contributed by atoms with Crippen LogP contribution in [0.15, 0.2) is 18.2 Å². The van der Waals surface area contributed by atoms with Crippen molar-refractivity contribution in [3.8, 4) is 5.75 Å². The van der Waals surface area contributed by atoms with Crippen molar-refractivity contribution in [3.05, 3.63) is 23.8 Å². The predicted octanol–water partition coefficient (Wildman–Crippen LogP) is 3.95. The molecule has 2 rings (SSSR count). The van der Waals surface area contributed by atoms with E-state index in [9.17, 15) is 22.0 Å². The van der Waals surface area contributed by atoms with Gasteiger partial charge in [0, 0.05) is 25.9 Å². The maximum Gasteiger partial charge on any atom is 0.416 e. The van der Waals surface area contributed by atoms with Crippen LogP contribution in [0.1, 0.15) is 18.4 Å². The molecule has 20 heavy (non-hydrogen) atoms. The first kappa shape index (κ1) is 14.9. The Labute approximate surface area is 113 Å². The Morgan fingerprint density at radius 2 is 1.75 bits per heavy atom. The van der Waals surface area contributed by atoms with E-state index in [1.54, 1.807) is 4.90 Å². The van der Waals surface area contributed by atoms with Gasteiger partial charge in [0.05, 0.1) is 18.4 Å². The fraction of sp³-hybridized carbons (Fsp3) is 0.538. The monoisotopic (exact) mass is 295 g/mol. The lowest BCUT2D eigenvalue weighted by molar-refractivity contribution is -0.137. The molecule has 1 fully saturated rings. The third-order valence-corrected chi connectivity index (χ3v) is 3.34. The lowest BCUT2D eigenvalue weighted by Gasteiger charge is -2.34. The van der Waals surface area contributed by atoms with E-state index in [-0.39, 0.29) is 31.7 Å². The number of hydrogen-bond acceptors (Lipinski definition) is 2. The van der Waals surface area contributed by atoms with Crippen LogP contribution in [0, 0.1) is 0 Å². The third kappa shape index (κ3) is 3.13. The summed E-state index contributed by atoms with van der Waals surface area (Å²) in [5, 5.41) is 0. The maximum absolute atomic E-state index is 13.1. The van der Waals surface area contributed by atoms with Crippen LogP contribution in [0.2, 0.25) is 0 Å². The SMILES string of the molecule is COc1cc(C(F)(F)F)ccc1N1CCC(F)(F)CC1. The summed E-state index contributed by atoms with van der Waals surface area (Å²) in [6.45, 7) is 0.184. The summed E-state index contributed by atoms with van der Waals surface area (Å²) in [4.78, 5) is 1.62. The number of hydrogen-bond donors (Lipinski definition) is 0. The van der Waals surface area contributed by atoms with Crippen molar-refractivity contribution in [1.82, 2.24) is 0 Å². The third-order valence-electron chi connectivity index (χ3n) is 3.34. The van der Waals surface area contributed by atoms with E-state index in [1.165, 1.54) is 13.2 Å². The Bertz CT molecular complexity index is 476. The van der Waals surface area contributed by atoms with Crippen LogP contribution in [-0.4, -0.2) is 26.1 Å². The van der Waals surface area contributed by atoms with Gasteiger partial charge in [0.25, 0.3) is 5.92 Å². The molecule has 1 aromatic rings. The zero-order chi connectivity index (χ0) is 15.0. The summed E-state index contributed by atoms with van der Waals surface area (Å²) >= 11 is 0. The zero-order valence-corrected chi connectivity index (χ0v) is 10.8. The van der Waals surface area contributed by atoms with Crippen molar-refractivity contribution in [2.45, 2.75) is 24.9 Å². The molecule has 1 aliphatic heterocycles. The Kier molecular flexibility index (Phi) is 3.80. The van der Waals surface area contributed by atoms with Gasteiger partial charge in [-0.15, -0.1) is 0 Å². The fourth-order valence-corrected chi connectivity index (χ4v) is 2.19. The fourth-order valence-electron chi connectivity index (χ4n) is 2.19. The molecule has 0 bridgehead atoms. The van der Waals surface area contributed by atoms with Gasteiger partial charge in [-0.1, -0.05) is 0 Å². The molecule has 1 aliphatic rings. The van der Waals surface area contributed by atoms with Gasteiger partial charge < -0.3 is 9.64 Å². The van der Waals surface area contributed by atoms with Gasteiger partial charge in [-0.25, -0.2) is 8.78 Å².